The van der Waals surface area contributed by atoms with Gasteiger partial charge in [0.25, 0.3) is 10.1 Å². The highest BCUT2D eigenvalue weighted by Gasteiger charge is 2.13. The summed E-state index contributed by atoms with van der Waals surface area (Å²) in [7, 11) is -3.67. The summed E-state index contributed by atoms with van der Waals surface area (Å²) in [6, 6.07) is 5.50. The molecular formula is C15H24Cl2O4S. The molecular weight excluding hydrogens is 347 g/mol. The number of aliphatic hydroxyl groups is 1. The van der Waals surface area contributed by atoms with Gasteiger partial charge in [0.2, 0.25) is 0 Å². The summed E-state index contributed by atoms with van der Waals surface area (Å²) in [6.45, 7) is 2.34. The predicted octanol–water partition coefficient (Wildman–Crippen LogP) is 4.54. The van der Waals surface area contributed by atoms with Gasteiger partial charge in [-0.05, 0) is 24.1 Å². The zero-order valence-corrected chi connectivity index (χ0v) is 15.3. The standard InChI is InChI=1S/C14H20Cl2O.CH4O3S/c1-2-3-4-5-6-11(10-17)13-8-7-12(15)9-14(13)16;1-5(2,3)4/h7-9,11,17H,2-6,10H2,1H3;1H3,(H,2,3,4). The van der Waals surface area contributed by atoms with E-state index in [4.69, 9.17) is 27.8 Å². The molecule has 0 amide bonds. The molecule has 22 heavy (non-hydrogen) atoms. The van der Waals surface area contributed by atoms with E-state index in [1.807, 2.05) is 12.1 Å². The van der Waals surface area contributed by atoms with Crippen LogP contribution in [0.5, 0.6) is 0 Å². The predicted molar refractivity (Wildman–Crippen MR) is 92.5 cm³/mol. The van der Waals surface area contributed by atoms with Crippen molar-refractivity contribution >= 4 is 33.3 Å². The fraction of sp³-hybridized carbons (Fsp3) is 0.600. The summed E-state index contributed by atoms with van der Waals surface area (Å²) >= 11 is 12.0. The van der Waals surface area contributed by atoms with Gasteiger partial charge < -0.3 is 5.11 Å². The lowest BCUT2D eigenvalue weighted by atomic mass is 9.94. The van der Waals surface area contributed by atoms with Crippen molar-refractivity contribution in [1.29, 1.82) is 0 Å². The summed E-state index contributed by atoms with van der Waals surface area (Å²) in [5.41, 5.74) is 1.01. The molecule has 1 atom stereocenters. The molecule has 1 aromatic rings. The van der Waals surface area contributed by atoms with Crippen LogP contribution < -0.4 is 0 Å². The first-order valence-electron chi connectivity index (χ1n) is 7.17. The lowest BCUT2D eigenvalue weighted by Crippen LogP contribution is -2.05. The number of hydrogen-bond donors (Lipinski definition) is 2. The molecule has 0 heterocycles. The quantitative estimate of drug-likeness (QED) is 0.545. The molecule has 0 saturated carbocycles. The minimum atomic E-state index is -3.67. The summed E-state index contributed by atoms with van der Waals surface area (Å²) in [6.07, 6.45) is 6.54. The second kappa shape index (κ2) is 11.2. The topological polar surface area (TPSA) is 74.6 Å². The number of rotatable bonds is 7. The summed E-state index contributed by atoms with van der Waals surface area (Å²) in [4.78, 5) is 0. The van der Waals surface area contributed by atoms with Crippen LogP contribution >= 0.6 is 23.2 Å². The Morgan fingerprint density at radius 1 is 1.18 bits per heavy atom. The summed E-state index contributed by atoms with van der Waals surface area (Å²) in [5.74, 6) is 0.136. The van der Waals surface area contributed by atoms with Crippen LogP contribution in [0.15, 0.2) is 18.2 Å². The van der Waals surface area contributed by atoms with Gasteiger partial charge in [0, 0.05) is 22.6 Å². The number of aliphatic hydroxyl groups excluding tert-OH is 1. The first-order chi connectivity index (χ1) is 10.2. The van der Waals surface area contributed by atoms with Gasteiger partial charge in [0.15, 0.2) is 0 Å². The molecule has 2 N–H and O–H groups in total. The minimum absolute atomic E-state index is 0.136. The molecule has 1 rings (SSSR count). The largest absolute Gasteiger partial charge is 0.396 e. The van der Waals surface area contributed by atoms with Gasteiger partial charge >= 0.3 is 0 Å². The van der Waals surface area contributed by atoms with Crippen molar-refractivity contribution in [1.82, 2.24) is 0 Å². The van der Waals surface area contributed by atoms with Crippen molar-refractivity contribution in [2.24, 2.45) is 0 Å². The molecule has 0 spiro atoms. The van der Waals surface area contributed by atoms with Crippen LogP contribution in [0, 0.1) is 0 Å². The molecule has 1 aromatic carbocycles. The zero-order valence-electron chi connectivity index (χ0n) is 12.9. The van der Waals surface area contributed by atoms with Gasteiger partial charge in [0.1, 0.15) is 0 Å². The zero-order chi connectivity index (χ0) is 17.2. The lowest BCUT2D eigenvalue weighted by molar-refractivity contribution is 0.256. The third-order valence-corrected chi connectivity index (χ3v) is 3.59. The van der Waals surface area contributed by atoms with E-state index >= 15 is 0 Å². The molecule has 0 fully saturated rings. The van der Waals surface area contributed by atoms with Gasteiger partial charge in [-0.1, -0.05) is 61.9 Å². The fourth-order valence-corrected chi connectivity index (χ4v) is 2.56. The molecule has 0 radical (unpaired) electrons. The maximum atomic E-state index is 9.44. The number of benzene rings is 1. The Hall–Kier alpha value is -0.330. The molecule has 0 aliphatic carbocycles. The number of unbranched alkanes of at least 4 members (excludes halogenated alkanes) is 3. The summed E-state index contributed by atoms with van der Waals surface area (Å²) in [5, 5.41) is 10.7. The average molecular weight is 371 g/mol. The van der Waals surface area contributed by atoms with Crippen LogP contribution in [-0.4, -0.2) is 30.9 Å². The maximum absolute atomic E-state index is 9.44. The minimum Gasteiger partial charge on any atom is -0.396 e. The Morgan fingerprint density at radius 3 is 2.23 bits per heavy atom. The van der Waals surface area contributed by atoms with Crippen molar-refractivity contribution in [3.05, 3.63) is 33.8 Å². The van der Waals surface area contributed by atoms with Crippen LogP contribution in [0.1, 0.15) is 50.5 Å². The van der Waals surface area contributed by atoms with E-state index in [2.05, 4.69) is 6.92 Å². The van der Waals surface area contributed by atoms with E-state index in [1.165, 1.54) is 19.3 Å². The fourth-order valence-electron chi connectivity index (χ4n) is 2.00. The van der Waals surface area contributed by atoms with Gasteiger partial charge in [-0.25, -0.2) is 0 Å². The first-order valence-corrected chi connectivity index (χ1v) is 9.77. The molecule has 7 heteroatoms. The van der Waals surface area contributed by atoms with Crippen molar-refractivity contribution < 1.29 is 18.1 Å². The molecule has 0 saturated heterocycles. The van der Waals surface area contributed by atoms with Crippen molar-refractivity contribution in [3.8, 4) is 0 Å². The van der Waals surface area contributed by atoms with E-state index in [-0.39, 0.29) is 12.5 Å². The Balaban J connectivity index is 0.000000763. The SMILES string of the molecule is CCCCCCC(CO)c1ccc(Cl)cc1Cl.CS(=O)(=O)O. The van der Waals surface area contributed by atoms with Gasteiger partial charge in [0.05, 0.1) is 6.26 Å². The van der Waals surface area contributed by atoms with Crippen molar-refractivity contribution in [3.63, 3.8) is 0 Å². The molecule has 128 valence electrons. The summed E-state index contributed by atoms with van der Waals surface area (Å²) < 4.78 is 25.9. The maximum Gasteiger partial charge on any atom is 0.261 e. The molecule has 1 unspecified atom stereocenters. The monoisotopic (exact) mass is 370 g/mol. The van der Waals surface area contributed by atoms with Crippen LogP contribution in [-0.2, 0) is 10.1 Å². The van der Waals surface area contributed by atoms with Crippen LogP contribution in [0.4, 0.5) is 0 Å². The Morgan fingerprint density at radius 2 is 1.77 bits per heavy atom. The third kappa shape index (κ3) is 11.3. The van der Waals surface area contributed by atoms with E-state index in [0.717, 1.165) is 18.4 Å². The highest BCUT2D eigenvalue weighted by molar-refractivity contribution is 7.85. The Kier molecular flexibility index (Phi) is 11.1. The second-order valence-corrected chi connectivity index (χ2v) is 7.44. The highest BCUT2D eigenvalue weighted by Crippen LogP contribution is 2.30. The normalized spacial score (nSPS) is 12.5. The van der Waals surface area contributed by atoms with Crippen LogP contribution in [0.3, 0.4) is 0 Å². The molecule has 0 aliphatic heterocycles. The molecule has 0 aromatic heterocycles. The Bertz CT molecular complexity index is 524. The van der Waals surface area contributed by atoms with Crippen LogP contribution in [0.25, 0.3) is 0 Å². The highest BCUT2D eigenvalue weighted by atomic mass is 35.5. The van der Waals surface area contributed by atoms with Crippen molar-refractivity contribution in [2.45, 2.75) is 44.9 Å². The third-order valence-electron chi connectivity index (χ3n) is 3.03. The van der Waals surface area contributed by atoms with Crippen LogP contribution in [0.2, 0.25) is 10.0 Å². The van der Waals surface area contributed by atoms with E-state index in [9.17, 15) is 13.5 Å². The molecule has 4 nitrogen and oxygen atoms in total. The smallest absolute Gasteiger partial charge is 0.261 e. The van der Waals surface area contributed by atoms with E-state index in [1.54, 1.807) is 6.07 Å². The van der Waals surface area contributed by atoms with Gasteiger partial charge in [-0.3, -0.25) is 4.55 Å². The van der Waals surface area contributed by atoms with Gasteiger partial charge in [-0.2, -0.15) is 8.42 Å². The second-order valence-electron chi connectivity index (χ2n) is 5.13. The van der Waals surface area contributed by atoms with E-state index < -0.39 is 10.1 Å². The lowest BCUT2D eigenvalue weighted by Gasteiger charge is -2.16. The number of hydrogen-bond acceptors (Lipinski definition) is 3. The molecule has 0 bridgehead atoms. The van der Waals surface area contributed by atoms with E-state index in [0.29, 0.717) is 16.3 Å². The average Bonchev–Trinajstić information content (AvgIpc) is 2.38. The first kappa shape index (κ1) is 21.7. The Labute approximate surface area is 143 Å². The molecule has 0 aliphatic rings. The van der Waals surface area contributed by atoms with Crippen molar-refractivity contribution in [2.75, 3.05) is 12.9 Å². The number of halogens is 2. The van der Waals surface area contributed by atoms with Gasteiger partial charge in [-0.15, -0.1) is 0 Å².